The maximum absolute atomic E-state index is 6.36. The van der Waals surface area contributed by atoms with Gasteiger partial charge in [-0.15, -0.1) is 0 Å². The molecule has 1 atom stereocenters. The van der Waals surface area contributed by atoms with Gasteiger partial charge in [0.05, 0.1) is 27.1 Å². The van der Waals surface area contributed by atoms with E-state index in [0.717, 1.165) is 34.2 Å². The van der Waals surface area contributed by atoms with E-state index in [2.05, 4.69) is 27.9 Å². The predicted octanol–water partition coefficient (Wildman–Crippen LogP) is 5.66. The first kappa shape index (κ1) is 14.7. The Balaban J connectivity index is 1.96. The quantitative estimate of drug-likeness (QED) is 0.760. The highest BCUT2D eigenvalue weighted by molar-refractivity contribution is 7.99. The van der Waals surface area contributed by atoms with Crippen LogP contribution >= 0.6 is 35.0 Å². The Morgan fingerprint density at radius 3 is 2.75 bits per heavy atom. The summed E-state index contributed by atoms with van der Waals surface area (Å²) >= 11 is 15.7. The van der Waals surface area contributed by atoms with Gasteiger partial charge in [-0.1, -0.05) is 37.0 Å². The SMILES string of the molecule is CC1(C)CCSCC1Nc1c(Cl)cc(Cl)c2c1N=S=N2. The van der Waals surface area contributed by atoms with Crippen molar-refractivity contribution in [3.05, 3.63) is 16.1 Å². The molecule has 2 aliphatic rings. The number of thioether (sulfide) groups is 1. The number of nitrogens with zero attached hydrogens (tertiary/aromatic N) is 2. The van der Waals surface area contributed by atoms with Gasteiger partial charge in [-0.3, -0.25) is 0 Å². The van der Waals surface area contributed by atoms with Crippen LogP contribution in [0.2, 0.25) is 10.0 Å². The molecule has 2 aliphatic heterocycles. The lowest BCUT2D eigenvalue weighted by atomic mass is 9.82. The molecule has 0 aromatic heterocycles. The summed E-state index contributed by atoms with van der Waals surface area (Å²) in [6, 6.07) is 2.11. The molecule has 7 heteroatoms. The first-order valence-electron chi connectivity index (χ1n) is 6.43. The average molecular weight is 348 g/mol. The van der Waals surface area contributed by atoms with Crippen molar-refractivity contribution in [3.8, 4) is 0 Å². The number of nitrogens with one attached hydrogen (secondary N) is 1. The Morgan fingerprint density at radius 1 is 1.25 bits per heavy atom. The van der Waals surface area contributed by atoms with Crippen molar-refractivity contribution in [3.63, 3.8) is 0 Å². The van der Waals surface area contributed by atoms with Crippen molar-refractivity contribution in [2.24, 2.45) is 14.1 Å². The van der Waals surface area contributed by atoms with Crippen LogP contribution in [-0.4, -0.2) is 17.5 Å². The summed E-state index contributed by atoms with van der Waals surface area (Å²) in [7, 11) is 0. The number of benzene rings is 1. The Kier molecular flexibility index (Phi) is 4.06. The first-order valence-corrected chi connectivity index (χ1v) is 9.08. The molecule has 0 radical (unpaired) electrons. The molecule has 2 heterocycles. The standard InChI is InChI=1S/C13H15Cl2N3S2/c1-13(2)3-4-19-6-9(13)16-10-7(14)5-8(15)11-12(10)18-20-17-11/h5,9,16H,3-4,6H2,1-2H3. The van der Waals surface area contributed by atoms with Gasteiger partial charge in [0.2, 0.25) is 0 Å². The molecule has 1 fully saturated rings. The minimum atomic E-state index is 0.240. The Labute approximate surface area is 136 Å². The van der Waals surface area contributed by atoms with E-state index in [-0.39, 0.29) is 5.41 Å². The molecular weight excluding hydrogens is 333 g/mol. The van der Waals surface area contributed by atoms with Crippen molar-refractivity contribution in [2.45, 2.75) is 26.3 Å². The molecule has 0 amide bonds. The molecule has 1 saturated heterocycles. The maximum atomic E-state index is 6.36. The summed E-state index contributed by atoms with van der Waals surface area (Å²) in [6.07, 6.45) is 1.19. The van der Waals surface area contributed by atoms with Gasteiger partial charge in [-0.2, -0.15) is 20.5 Å². The Hall–Kier alpha value is -0.230. The van der Waals surface area contributed by atoms with Gasteiger partial charge in [-0.25, -0.2) is 0 Å². The zero-order valence-electron chi connectivity index (χ0n) is 11.2. The van der Waals surface area contributed by atoms with Crippen LogP contribution in [0, 0.1) is 5.41 Å². The number of fused-ring (bicyclic) bond motifs is 1. The lowest BCUT2D eigenvalue weighted by Crippen LogP contribution is -2.41. The number of anilines is 1. The Morgan fingerprint density at radius 2 is 2.00 bits per heavy atom. The minimum absolute atomic E-state index is 0.240. The fraction of sp³-hybridized carbons (Fsp3) is 0.538. The van der Waals surface area contributed by atoms with Crippen LogP contribution in [-0.2, 0) is 11.4 Å². The average Bonchev–Trinajstić information content (AvgIpc) is 2.85. The van der Waals surface area contributed by atoms with Crippen LogP contribution in [0.1, 0.15) is 20.3 Å². The van der Waals surface area contributed by atoms with Crippen molar-refractivity contribution < 1.29 is 0 Å². The van der Waals surface area contributed by atoms with Crippen molar-refractivity contribution >= 4 is 63.4 Å². The van der Waals surface area contributed by atoms with E-state index in [1.165, 1.54) is 12.2 Å². The van der Waals surface area contributed by atoms with Crippen LogP contribution in [0.25, 0.3) is 0 Å². The zero-order valence-corrected chi connectivity index (χ0v) is 14.4. The van der Waals surface area contributed by atoms with Crippen LogP contribution in [0.5, 0.6) is 0 Å². The third-order valence-electron chi connectivity index (χ3n) is 3.88. The van der Waals surface area contributed by atoms with E-state index in [4.69, 9.17) is 23.2 Å². The number of halogens is 2. The molecule has 3 nitrogen and oxygen atoms in total. The molecule has 0 saturated carbocycles. The maximum Gasteiger partial charge on any atom is 0.130 e. The number of hydrogen-bond donors (Lipinski definition) is 1. The number of rotatable bonds is 2. The molecule has 108 valence electrons. The molecule has 1 aromatic rings. The third-order valence-corrected chi connectivity index (χ3v) is 6.06. The van der Waals surface area contributed by atoms with Crippen LogP contribution in [0.3, 0.4) is 0 Å². The summed E-state index contributed by atoms with van der Waals surface area (Å²) < 4.78 is 8.59. The van der Waals surface area contributed by atoms with Crippen molar-refractivity contribution in [1.29, 1.82) is 0 Å². The predicted molar refractivity (Wildman–Crippen MR) is 91.1 cm³/mol. The highest BCUT2D eigenvalue weighted by Gasteiger charge is 2.34. The summed E-state index contributed by atoms with van der Waals surface area (Å²) in [6.45, 7) is 4.59. The van der Waals surface area contributed by atoms with E-state index in [1.807, 2.05) is 11.8 Å². The third kappa shape index (κ3) is 2.61. The van der Waals surface area contributed by atoms with Gasteiger partial charge >= 0.3 is 0 Å². The van der Waals surface area contributed by atoms with Crippen LogP contribution < -0.4 is 5.32 Å². The van der Waals surface area contributed by atoms with E-state index >= 15 is 0 Å². The lowest BCUT2D eigenvalue weighted by molar-refractivity contribution is 0.305. The Bertz CT molecular complexity index is 625. The molecule has 1 unspecified atom stereocenters. The summed E-state index contributed by atoms with van der Waals surface area (Å²) in [4.78, 5) is 0. The van der Waals surface area contributed by atoms with Gasteiger partial charge in [0.25, 0.3) is 0 Å². The van der Waals surface area contributed by atoms with Crippen molar-refractivity contribution in [1.82, 2.24) is 0 Å². The van der Waals surface area contributed by atoms with Crippen LogP contribution in [0.15, 0.2) is 14.8 Å². The minimum Gasteiger partial charge on any atom is -0.378 e. The van der Waals surface area contributed by atoms with E-state index in [9.17, 15) is 0 Å². The first-order chi connectivity index (χ1) is 9.49. The van der Waals surface area contributed by atoms with E-state index in [0.29, 0.717) is 16.1 Å². The number of hydrogen-bond acceptors (Lipinski definition) is 4. The van der Waals surface area contributed by atoms with Crippen molar-refractivity contribution in [2.75, 3.05) is 16.8 Å². The van der Waals surface area contributed by atoms with Gasteiger partial charge < -0.3 is 5.32 Å². The zero-order chi connectivity index (χ0) is 14.3. The lowest BCUT2D eigenvalue weighted by Gasteiger charge is -2.39. The smallest absolute Gasteiger partial charge is 0.130 e. The van der Waals surface area contributed by atoms with E-state index < -0.39 is 0 Å². The normalized spacial score (nSPS) is 23.3. The fourth-order valence-corrected chi connectivity index (χ4v) is 5.13. The highest BCUT2D eigenvalue weighted by Crippen LogP contribution is 2.49. The van der Waals surface area contributed by atoms with Gasteiger partial charge in [0, 0.05) is 11.8 Å². The van der Waals surface area contributed by atoms with Gasteiger partial charge in [0.1, 0.15) is 11.4 Å². The highest BCUT2D eigenvalue weighted by atomic mass is 35.5. The molecule has 0 spiro atoms. The molecule has 1 aromatic carbocycles. The summed E-state index contributed by atoms with van der Waals surface area (Å²) in [5.74, 6) is 2.29. The summed E-state index contributed by atoms with van der Waals surface area (Å²) in [5.41, 5.74) is 2.60. The second-order valence-corrected chi connectivity index (χ2v) is 8.18. The molecule has 1 N–H and O–H groups in total. The monoisotopic (exact) mass is 347 g/mol. The summed E-state index contributed by atoms with van der Waals surface area (Å²) in [5, 5.41) is 4.76. The molecule has 20 heavy (non-hydrogen) atoms. The molecular formula is C13H15Cl2N3S2. The van der Waals surface area contributed by atoms with E-state index in [1.54, 1.807) is 6.07 Å². The topological polar surface area (TPSA) is 36.8 Å². The second-order valence-electron chi connectivity index (χ2n) is 5.69. The fourth-order valence-electron chi connectivity index (χ4n) is 2.36. The van der Waals surface area contributed by atoms with Gasteiger partial charge in [0.15, 0.2) is 0 Å². The molecule has 3 rings (SSSR count). The van der Waals surface area contributed by atoms with Gasteiger partial charge in [-0.05, 0) is 23.7 Å². The second kappa shape index (κ2) is 5.52. The largest absolute Gasteiger partial charge is 0.378 e. The molecule has 0 bridgehead atoms. The molecule has 0 aliphatic carbocycles. The van der Waals surface area contributed by atoms with Crippen LogP contribution in [0.4, 0.5) is 17.1 Å².